The van der Waals surface area contributed by atoms with Gasteiger partial charge >= 0.3 is 0 Å². The second kappa shape index (κ2) is 4.46. The lowest BCUT2D eigenvalue weighted by Crippen LogP contribution is -1.98. The van der Waals surface area contributed by atoms with E-state index < -0.39 is 0 Å². The van der Waals surface area contributed by atoms with Gasteiger partial charge in [0.1, 0.15) is 12.4 Å². The highest BCUT2D eigenvalue weighted by Crippen LogP contribution is 2.33. The van der Waals surface area contributed by atoms with Crippen molar-refractivity contribution in [2.24, 2.45) is 7.05 Å². The Bertz CT molecular complexity index is 563. The zero-order chi connectivity index (χ0) is 12.5. The van der Waals surface area contributed by atoms with Gasteiger partial charge in [-0.25, -0.2) is 0 Å². The Morgan fingerprint density at radius 3 is 3.11 bits per heavy atom. The van der Waals surface area contributed by atoms with Crippen molar-refractivity contribution >= 4 is 0 Å². The van der Waals surface area contributed by atoms with Crippen LogP contribution in [0.4, 0.5) is 0 Å². The average Bonchev–Trinajstić information content (AvgIpc) is 2.94. The lowest BCUT2D eigenvalue weighted by atomic mass is 10.1. The molecule has 4 heteroatoms. The van der Waals surface area contributed by atoms with E-state index in [1.54, 1.807) is 4.68 Å². The van der Waals surface area contributed by atoms with Crippen LogP contribution < -0.4 is 4.74 Å². The van der Waals surface area contributed by atoms with E-state index in [1.807, 2.05) is 37.5 Å². The Balaban J connectivity index is 1.70. The van der Waals surface area contributed by atoms with Crippen LogP contribution in [0.15, 0.2) is 30.5 Å². The predicted octanol–water partition coefficient (Wildman–Crippen LogP) is 1.98. The van der Waals surface area contributed by atoms with Crippen LogP contribution in [0.1, 0.15) is 29.3 Å². The summed E-state index contributed by atoms with van der Waals surface area (Å²) in [7, 11) is 1.89. The minimum absolute atomic E-state index is 0.301. The molecule has 0 saturated heterocycles. The molecule has 0 amide bonds. The molecule has 1 heterocycles. The zero-order valence-electron chi connectivity index (χ0n) is 10.3. The molecule has 0 bridgehead atoms. The standard InChI is InChI=1S/C14H16N2O2/c1-16-7-6-11(15-16)9-18-12-3-4-13-10(8-12)2-5-14(13)17/h3-4,6-8,14,17H,2,5,9H2,1H3/t14-/m0/s1. The van der Waals surface area contributed by atoms with Gasteiger partial charge in [0.15, 0.2) is 0 Å². The first-order valence-corrected chi connectivity index (χ1v) is 6.14. The van der Waals surface area contributed by atoms with Crippen LogP contribution in [0.2, 0.25) is 0 Å². The van der Waals surface area contributed by atoms with E-state index in [2.05, 4.69) is 5.10 Å². The Morgan fingerprint density at radius 2 is 2.33 bits per heavy atom. The van der Waals surface area contributed by atoms with Crippen molar-refractivity contribution in [3.63, 3.8) is 0 Å². The number of rotatable bonds is 3. The molecule has 94 valence electrons. The summed E-state index contributed by atoms with van der Waals surface area (Å²) in [5.41, 5.74) is 3.15. The van der Waals surface area contributed by atoms with Crippen LogP contribution in [-0.4, -0.2) is 14.9 Å². The summed E-state index contributed by atoms with van der Waals surface area (Å²) in [6, 6.07) is 7.84. The number of aromatic nitrogens is 2. The number of ether oxygens (including phenoxy) is 1. The molecule has 0 saturated carbocycles. The van der Waals surface area contributed by atoms with Gasteiger partial charge in [-0.2, -0.15) is 5.10 Å². The van der Waals surface area contributed by atoms with Crippen molar-refractivity contribution < 1.29 is 9.84 Å². The quantitative estimate of drug-likeness (QED) is 0.898. The molecule has 3 rings (SSSR count). The van der Waals surface area contributed by atoms with Crippen LogP contribution in [-0.2, 0) is 20.1 Å². The molecular formula is C14H16N2O2. The van der Waals surface area contributed by atoms with Gasteiger partial charge in [-0.15, -0.1) is 0 Å². The van der Waals surface area contributed by atoms with E-state index in [1.165, 1.54) is 5.56 Å². The molecule has 0 fully saturated rings. The molecular weight excluding hydrogens is 228 g/mol. The van der Waals surface area contributed by atoms with Crippen LogP contribution in [0.25, 0.3) is 0 Å². The fourth-order valence-corrected chi connectivity index (χ4v) is 2.36. The molecule has 0 aliphatic heterocycles. The lowest BCUT2D eigenvalue weighted by molar-refractivity contribution is 0.180. The van der Waals surface area contributed by atoms with Crippen molar-refractivity contribution in [2.75, 3.05) is 0 Å². The first kappa shape index (κ1) is 11.3. The molecule has 1 N–H and O–H groups in total. The number of nitrogens with zero attached hydrogens (tertiary/aromatic N) is 2. The Hall–Kier alpha value is -1.81. The molecule has 0 spiro atoms. The van der Waals surface area contributed by atoms with Crippen LogP contribution in [0, 0.1) is 0 Å². The smallest absolute Gasteiger partial charge is 0.132 e. The van der Waals surface area contributed by atoms with Crippen molar-refractivity contribution in [3.8, 4) is 5.75 Å². The highest BCUT2D eigenvalue weighted by Gasteiger charge is 2.20. The largest absolute Gasteiger partial charge is 0.487 e. The van der Waals surface area contributed by atoms with Crippen molar-refractivity contribution in [1.82, 2.24) is 9.78 Å². The van der Waals surface area contributed by atoms with Gasteiger partial charge < -0.3 is 9.84 Å². The highest BCUT2D eigenvalue weighted by atomic mass is 16.5. The third-order valence-corrected chi connectivity index (χ3v) is 3.32. The summed E-state index contributed by atoms with van der Waals surface area (Å²) < 4.78 is 7.47. The molecule has 1 aromatic carbocycles. The molecule has 1 aliphatic carbocycles. The van der Waals surface area contributed by atoms with Gasteiger partial charge in [0.05, 0.1) is 11.8 Å². The van der Waals surface area contributed by atoms with Gasteiger partial charge in [-0.1, -0.05) is 6.07 Å². The van der Waals surface area contributed by atoms with E-state index in [0.717, 1.165) is 29.8 Å². The van der Waals surface area contributed by atoms with Crippen molar-refractivity contribution in [2.45, 2.75) is 25.6 Å². The summed E-state index contributed by atoms with van der Waals surface area (Å²) >= 11 is 0. The highest BCUT2D eigenvalue weighted by molar-refractivity contribution is 5.39. The minimum Gasteiger partial charge on any atom is -0.487 e. The number of fused-ring (bicyclic) bond motifs is 1. The van der Waals surface area contributed by atoms with E-state index in [-0.39, 0.29) is 6.10 Å². The molecule has 1 atom stereocenters. The lowest BCUT2D eigenvalue weighted by Gasteiger charge is -2.08. The van der Waals surface area contributed by atoms with Crippen LogP contribution in [0.5, 0.6) is 5.75 Å². The van der Waals surface area contributed by atoms with Crippen molar-refractivity contribution in [3.05, 3.63) is 47.3 Å². The van der Waals surface area contributed by atoms with E-state index in [9.17, 15) is 5.11 Å². The summed E-state index contributed by atoms with van der Waals surface area (Å²) in [5, 5.41) is 14.0. The van der Waals surface area contributed by atoms with Crippen molar-refractivity contribution in [1.29, 1.82) is 0 Å². The van der Waals surface area contributed by atoms with E-state index in [0.29, 0.717) is 6.61 Å². The second-order valence-corrected chi connectivity index (χ2v) is 4.68. The molecule has 1 aliphatic rings. The normalized spacial score (nSPS) is 17.8. The zero-order valence-corrected chi connectivity index (χ0v) is 10.3. The van der Waals surface area contributed by atoms with Gasteiger partial charge in [0, 0.05) is 13.2 Å². The van der Waals surface area contributed by atoms with Crippen LogP contribution >= 0.6 is 0 Å². The second-order valence-electron chi connectivity index (χ2n) is 4.68. The van der Waals surface area contributed by atoms with Crippen LogP contribution in [0.3, 0.4) is 0 Å². The fraction of sp³-hybridized carbons (Fsp3) is 0.357. The van der Waals surface area contributed by atoms with Gasteiger partial charge in [-0.05, 0) is 42.2 Å². The average molecular weight is 244 g/mol. The SMILES string of the molecule is Cn1ccc(COc2ccc3c(c2)CC[C@@H]3O)n1. The molecule has 4 nitrogen and oxygen atoms in total. The number of aryl methyl sites for hydroxylation is 2. The van der Waals surface area contributed by atoms with Gasteiger partial charge in [0.25, 0.3) is 0 Å². The fourth-order valence-electron chi connectivity index (χ4n) is 2.36. The Kier molecular flexibility index (Phi) is 2.80. The summed E-state index contributed by atoms with van der Waals surface area (Å²) in [4.78, 5) is 0. The summed E-state index contributed by atoms with van der Waals surface area (Å²) in [6.45, 7) is 0.474. The number of aliphatic hydroxyl groups is 1. The maximum absolute atomic E-state index is 9.73. The summed E-state index contributed by atoms with van der Waals surface area (Å²) in [6.07, 6.45) is 3.35. The van der Waals surface area contributed by atoms with Gasteiger partial charge in [-0.3, -0.25) is 4.68 Å². The minimum atomic E-state index is -0.301. The van der Waals surface area contributed by atoms with E-state index >= 15 is 0 Å². The Morgan fingerprint density at radius 1 is 1.44 bits per heavy atom. The topological polar surface area (TPSA) is 47.3 Å². The maximum atomic E-state index is 9.73. The monoisotopic (exact) mass is 244 g/mol. The number of benzene rings is 1. The number of aliphatic hydroxyl groups excluding tert-OH is 1. The first-order chi connectivity index (χ1) is 8.72. The molecule has 18 heavy (non-hydrogen) atoms. The predicted molar refractivity (Wildman–Crippen MR) is 67.3 cm³/mol. The molecule has 0 radical (unpaired) electrons. The molecule has 2 aromatic rings. The summed E-state index contributed by atoms with van der Waals surface area (Å²) in [5.74, 6) is 0.841. The molecule has 1 aromatic heterocycles. The first-order valence-electron chi connectivity index (χ1n) is 6.14. The number of hydrogen-bond donors (Lipinski definition) is 1. The molecule has 0 unspecified atom stereocenters. The Labute approximate surface area is 106 Å². The maximum Gasteiger partial charge on any atom is 0.132 e. The van der Waals surface area contributed by atoms with E-state index in [4.69, 9.17) is 4.74 Å². The third kappa shape index (κ3) is 2.11. The van der Waals surface area contributed by atoms with Gasteiger partial charge in [0.2, 0.25) is 0 Å². The third-order valence-electron chi connectivity index (χ3n) is 3.32. The number of hydrogen-bond acceptors (Lipinski definition) is 3.